The lowest BCUT2D eigenvalue weighted by molar-refractivity contribution is -0.114. The van der Waals surface area contributed by atoms with Gasteiger partial charge >= 0.3 is 0 Å². The number of aryl methyl sites for hydroxylation is 2. The molecule has 0 atom stereocenters. The summed E-state index contributed by atoms with van der Waals surface area (Å²) in [4.78, 5) is 12.1. The summed E-state index contributed by atoms with van der Waals surface area (Å²) in [6.07, 6.45) is 0. The number of hydrogen-bond acceptors (Lipinski definition) is 3. The Morgan fingerprint density at radius 1 is 1.12 bits per heavy atom. The topological polar surface area (TPSA) is 50.4 Å². The molecule has 4 heteroatoms. The lowest BCUT2D eigenvalue weighted by Gasteiger charge is -2.12. The Labute approximate surface area is 144 Å². The number of carbonyl (C=O) groups is 1. The first-order chi connectivity index (χ1) is 11.4. The van der Waals surface area contributed by atoms with Crippen LogP contribution < -0.4 is 15.4 Å². The molecule has 2 aromatic rings. The zero-order valence-corrected chi connectivity index (χ0v) is 14.8. The van der Waals surface area contributed by atoms with Gasteiger partial charge in [0.15, 0.2) is 0 Å². The first kappa shape index (κ1) is 17.9. The maximum absolute atomic E-state index is 12.1. The van der Waals surface area contributed by atoms with Crippen molar-refractivity contribution in [2.45, 2.75) is 27.7 Å². The molecule has 0 heterocycles. The number of hydrogen-bond donors (Lipinski definition) is 2. The third-order valence-electron chi connectivity index (χ3n) is 3.53. The van der Waals surface area contributed by atoms with Gasteiger partial charge in [-0.1, -0.05) is 37.6 Å². The van der Waals surface area contributed by atoms with Crippen LogP contribution in [0.3, 0.4) is 0 Å². The van der Waals surface area contributed by atoms with Crippen LogP contribution in [-0.4, -0.2) is 19.1 Å². The van der Waals surface area contributed by atoms with Crippen molar-refractivity contribution >= 4 is 17.3 Å². The van der Waals surface area contributed by atoms with Crippen LogP contribution in [-0.2, 0) is 4.79 Å². The number of carbonyl (C=O) groups excluding carboxylic acids is 1. The number of benzene rings is 2. The lowest BCUT2D eigenvalue weighted by atomic mass is 10.1. The Morgan fingerprint density at radius 3 is 2.62 bits per heavy atom. The zero-order chi connectivity index (χ0) is 17.5. The third-order valence-corrected chi connectivity index (χ3v) is 3.53. The van der Waals surface area contributed by atoms with E-state index in [-0.39, 0.29) is 12.5 Å². The molecule has 0 aliphatic heterocycles. The smallest absolute Gasteiger partial charge is 0.243 e. The molecule has 0 saturated carbocycles. The second kappa shape index (κ2) is 8.39. The minimum Gasteiger partial charge on any atom is -0.493 e. The summed E-state index contributed by atoms with van der Waals surface area (Å²) >= 11 is 0. The zero-order valence-electron chi connectivity index (χ0n) is 14.8. The highest BCUT2D eigenvalue weighted by molar-refractivity contribution is 5.94. The lowest BCUT2D eigenvalue weighted by Crippen LogP contribution is -2.22. The molecule has 128 valence electrons. The van der Waals surface area contributed by atoms with Crippen molar-refractivity contribution in [2.75, 3.05) is 23.8 Å². The Morgan fingerprint density at radius 2 is 1.92 bits per heavy atom. The summed E-state index contributed by atoms with van der Waals surface area (Å²) < 4.78 is 5.70. The van der Waals surface area contributed by atoms with E-state index in [0.717, 1.165) is 22.7 Å². The van der Waals surface area contributed by atoms with Crippen LogP contribution in [0.25, 0.3) is 0 Å². The van der Waals surface area contributed by atoms with Gasteiger partial charge in [-0.05, 0) is 43.5 Å². The fourth-order valence-electron chi connectivity index (χ4n) is 2.29. The van der Waals surface area contributed by atoms with Crippen LogP contribution >= 0.6 is 0 Å². The minimum absolute atomic E-state index is 0.0737. The van der Waals surface area contributed by atoms with E-state index in [9.17, 15) is 4.79 Å². The van der Waals surface area contributed by atoms with Gasteiger partial charge in [-0.2, -0.15) is 0 Å². The first-order valence-corrected chi connectivity index (χ1v) is 8.28. The summed E-state index contributed by atoms with van der Waals surface area (Å²) in [5.41, 5.74) is 3.96. The van der Waals surface area contributed by atoms with Gasteiger partial charge in [-0.15, -0.1) is 0 Å². The highest BCUT2D eigenvalue weighted by Gasteiger charge is 2.05. The van der Waals surface area contributed by atoms with Gasteiger partial charge in [0, 0.05) is 17.4 Å². The number of rotatable bonds is 7. The van der Waals surface area contributed by atoms with E-state index < -0.39 is 0 Å². The van der Waals surface area contributed by atoms with Crippen LogP contribution in [0.2, 0.25) is 0 Å². The maximum Gasteiger partial charge on any atom is 0.243 e. The van der Waals surface area contributed by atoms with Gasteiger partial charge in [0.2, 0.25) is 5.91 Å². The van der Waals surface area contributed by atoms with Gasteiger partial charge in [0.1, 0.15) is 5.75 Å². The molecule has 24 heavy (non-hydrogen) atoms. The molecule has 0 unspecified atom stereocenters. The van der Waals surface area contributed by atoms with Gasteiger partial charge in [0.25, 0.3) is 0 Å². The van der Waals surface area contributed by atoms with E-state index in [4.69, 9.17) is 4.74 Å². The maximum atomic E-state index is 12.1. The van der Waals surface area contributed by atoms with Crippen molar-refractivity contribution < 1.29 is 9.53 Å². The summed E-state index contributed by atoms with van der Waals surface area (Å²) in [6, 6.07) is 13.6. The number of anilines is 2. The number of nitrogens with one attached hydrogen (secondary N) is 2. The molecule has 1 amide bonds. The highest BCUT2D eigenvalue weighted by Crippen LogP contribution is 2.18. The van der Waals surface area contributed by atoms with E-state index in [2.05, 4.69) is 30.5 Å². The second-order valence-electron chi connectivity index (χ2n) is 6.45. The average molecular weight is 326 g/mol. The Balaban J connectivity index is 1.88. The van der Waals surface area contributed by atoms with Crippen molar-refractivity contribution in [3.63, 3.8) is 0 Å². The van der Waals surface area contributed by atoms with Gasteiger partial charge in [0.05, 0.1) is 13.2 Å². The largest absolute Gasteiger partial charge is 0.493 e. The molecular formula is C20H26N2O2. The molecule has 0 spiro atoms. The van der Waals surface area contributed by atoms with Gasteiger partial charge in [-0.3, -0.25) is 4.79 Å². The fraction of sp³-hybridized carbons (Fsp3) is 0.350. The van der Waals surface area contributed by atoms with Crippen molar-refractivity contribution in [2.24, 2.45) is 5.92 Å². The molecule has 0 aliphatic rings. The van der Waals surface area contributed by atoms with Crippen LogP contribution in [0.1, 0.15) is 25.0 Å². The van der Waals surface area contributed by atoms with Crippen molar-refractivity contribution in [3.05, 3.63) is 53.6 Å². The van der Waals surface area contributed by atoms with E-state index in [1.807, 2.05) is 50.2 Å². The first-order valence-electron chi connectivity index (χ1n) is 8.28. The monoisotopic (exact) mass is 326 g/mol. The molecule has 2 N–H and O–H groups in total. The number of ether oxygens (including phenoxy) is 1. The summed E-state index contributed by atoms with van der Waals surface area (Å²) in [7, 11) is 0. The molecule has 0 saturated heterocycles. The quantitative estimate of drug-likeness (QED) is 0.793. The van der Waals surface area contributed by atoms with Gasteiger partial charge < -0.3 is 15.4 Å². The van der Waals surface area contributed by atoms with Crippen LogP contribution in [0.4, 0.5) is 11.4 Å². The molecule has 0 bridgehead atoms. The number of amides is 1. The highest BCUT2D eigenvalue weighted by atomic mass is 16.5. The molecule has 2 rings (SSSR count). The molecule has 2 aromatic carbocycles. The van der Waals surface area contributed by atoms with E-state index in [1.165, 1.54) is 5.56 Å². The second-order valence-corrected chi connectivity index (χ2v) is 6.45. The van der Waals surface area contributed by atoms with Crippen LogP contribution in [0.5, 0.6) is 5.75 Å². The Hall–Kier alpha value is -2.49. The molecule has 0 fully saturated rings. The Bertz CT molecular complexity index is 696. The SMILES string of the molecule is Cc1ccc(NC(=O)CNc2cccc(OCC(C)C)c2)c(C)c1. The third kappa shape index (κ3) is 5.61. The molecule has 0 aromatic heterocycles. The predicted octanol–water partition coefficient (Wildman–Crippen LogP) is 4.39. The van der Waals surface area contributed by atoms with Crippen LogP contribution in [0, 0.1) is 19.8 Å². The predicted molar refractivity (Wildman–Crippen MR) is 99.8 cm³/mol. The minimum atomic E-state index is -0.0737. The van der Waals surface area contributed by atoms with E-state index >= 15 is 0 Å². The molecule has 4 nitrogen and oxygen atoms in total. The Kier molecular flexibility index (Phi) is 6.24. The van der Waals surface area contributed by atoms with Crippen LogP contribution in [0.15, 0.2) is 42.5 Å². The summed E-state index contributed by atoms with van der Waals surface area (Å²) in [5.74, 6) is 1.21. The van der Waals surface area contributed by atoms with Gasteiger partial charge in [-0.25, -0.2) is 0 Å². The summed E-state index contributed by atoms with van der Waals surface area (Å²) in [6.45, 7) is 9.14. The van der Waals surface area contributed by atoms with Crippen molar-refractivity contribution in [1.82, 2.24) is 0 Å². The van der Waals surface area contributed by atoms with Crippen molar-refractivity contribution in [1.29, 1.82) is 0 Å². The fourth-order valence-corrected chi connectivity index (χ4v) is 2.29. The molecular weight excluding hydrogens is 300 g/mol. The van der Waals surface area contributed by atoms with E-state index in [1.54, 1.807) is 0 Å². The average Bonchev–Trinajstić information content (AvgIpc) is 2.54. The van der Waals surface area contributed by atoms with E-state index in [0.29, 0.717) is 12.5 Å². The summed E-state index contributed by atoms with van der Waals surface area (Å²) in [5, 5.41) is 6.06. The standard InChI is InChI=1S/C20H26N2O2/c1-14(2)13-24-18-7-5-6-17(11-18)21-12-20(23)22-19-9-8-15(3)10-16(19)4/h5-11,14,21H,12-13H2,1-4H3,(H,22,23). The molecule has 0 radical (unpaired) electrons. The van der Waals surface area contributed by atoms with Crippen molar-refractivity contribution in [3.8, 4) is 5.75 Å². The normalized spacial score (nSPS) is 10.5. The molecule has 0 aliphatic carbocycles.